The van der Waals surface area contributed by atoms with Gasteiger partial charge in [-0.25, -0.2) is 0 Å². The summed E-state index contributed by atoms with van der Waals surface area (Å²) in [7, 11) is 2.06. The molecule has 0 saturated carbocycles. The molecule has 3 rings (SSSR count). The first kappa shape index (κ1) is 14.6. The number of nitrogens with zero attached hydrogens (tertiary/aromatic N) is 3. The Morgan fingerprint density at radius 3 is 3.00 bits per heavy atom. The zero-order valence-electron chi connectivity index (χ0n) is 13.3. The third-order valence-corrected chi connectivity index (χ3v) is 5.13. The van der Waals surface area contributed by atoms with E-state index in [1.807, 2.05) is 16.0 Å². The van der Waals surface area contributed by atoms with Gasteiger partial charge in [0, 0.05) is 43.2 Å². The van der Waals surface area contributed by atoms with Gasteiger partial charge >= 0.3 is 0 Å². The quantitative estimate of drug-likeness (QED) is 0.943. The molecule has 0 radical (unpaired) electrons. The molecule has 0 atom stereocenters. The smallest absolute Gasteiger partial charge is 0.131 e. The van der Waals surface area contributed by atoms with Gasteiger partial charge in [-0.05, 0) is 30.4 Å². The zero-order chi connectivity index (χ0) is 15.0. The van der Waals surface area contributed by atoms with Crippen LogP contribution in [0.4, 0.5) is 5.82 Å². The molecule has 3 heterocycles. The van der Waals surface area contributed by atoms with E-state index in [1.165, 1.54) is 16.9 Å². The first-order chi connectivity index (χ1) is 10.1. The SMILES string of the molecule is Cc1nn(C)c(N2CCc3sccc3C2)c1CNC(C)C. The standard InChI is InChI=1S/C16H24N4S/c1-11(2)17-9-14-12(3)18-19(4)16(14)20-7-5-15-13(10-20)6-8-21-15/h6,8,11,17H,5,7,9-10H2,1-4H3. The van der Waals surface area contributed by atoms with E-state index in [9.17, 15) is 0 Å². The van der Waals surface area contributed by atoms with E-state index in [-0.39, 0.29) is 0 Å². The number of aryl methyl sites for hydroxylation is 2. The van der Waals surface area contributed by atoms with E-state index in [2.05, 4.69) is 54.6 Å². The van der Waals surface area contributed by atoms with Crippen molar-refractivity contribution in [1.29, 1.82) is 0 Å². The zero-order valence-corrected chi connectivity index (χ0v) is 14.1. The van der Waals surface area contributed by atoms with Crippen LogP contribution in [0.3, 0.4) is 0 Å². The van der Waals surface area contributed by atoms with Crippen LogP contribution in [0.25, 0.3) is 0 Å². The van der Waals surface area contributed by atoms with Crippen molar-refractivity contribution < 1.29 is 0 Å². The van der Waals surface area contributed by atoms with Gasteiger partial charge in [-0.15, -0.1) is 11.3 Å². The largest absolute Gasteiger partial charge is 0.352 e. The van der Waals surface area contributed by atoms with Crippen molar-refractivity contribution in [2.75, 3.05) is 11.4 Å². The summed E-state index contributed by atoms with van der Waals surface area (Å²) in [5.74, 6) is 1.28. The molecular formula is C16H24N4S. The van der Waals surface area contributed by atoms with E-state index >= 15 is 0 Å². The molecule has 0 saturated heterocycles. The summed E-state index contributed by atoms with van der Waals surface area (Å²) in [6.07, 6.45) is 1.15. The highest BCUT2D eigenvalue weighted by atomic mass is 32.1. The van der Waals surface area contributed by atoms with Gasteiger partial charge in [-0.2, -0.15) is 5.10 Å². The molecule has 0 fully saturated rings. The molecule has 0 bridgehead atoms. The Kier molecular flexibility index (Phi) is 4.04. The number of fused-ring (bicyclic) bond motifs is 1. The predicted octanol–water partition coefficient (Wildman–Crippen LogP) is 2.85. The van der Waals surface area contributed by atoms with E-state index in [1.54, 1.807) is 4.88 Å². The van der Waals surface area contributed by atoms with Gasteiger partial charge in [0.25, 0.3) is 0 Å². The summed E-state index contributed by atoms with van der Waals surface area (Å²) in [5, 5.41) is 10.4. The molecule has 0 unspecified atom stereocenters. The average Bonchev–Trinajstić information content (AvgIpc) is 2.99. The topological polar surface area (TPSA) is 33.1 Å². The highest BCUT2D eigenvalue weighted by molar-refractivity contribution is 7.10. The number of hydrogen-bond donors (Lipinski definition) is 1. The minimum atomic E-state index is 0.488. The summed E-state index contributed by atoms with van der Waals surface area (Å²) in [6, 6.07) is 2.75. The first-order valence-electron chi connectivity index (χ1n) is 7.62. The molecular weight excluding hydrogens is 280 g/mol. The minimum Gasteiger partial charge on any atom is -0.352 e. The molecule has 0 aromatic carbocycles. The lowest BCUT2D eigenvalue weighted by Gasteiger charge is -2.30. The number of thiophene rings is 1. The lowest BCUT2D eigenvalue weighted by atomic mass is 10.1. The van der Waals surface area contributed by atoms with Crippen LogP contribution in [-0.4, -0.2) is 22.4 Å². The number of aromatic nitrogens is 2. The Labute approximate surface area is 130 Å². The third-order valence-electron chi connectivity index (χ3n) is 4.11. The fourth-order valence-corrected chi connectivity index (χ4v) is 3.92. The second kappa shape index (κ2) is 5.81. The monoisotopic (exact) mass is 304 g/mol. The molecule has 0 aliphatic carbocycles. The lowest BCUT2D eigenvalue weighted by molar-refractivity contribution is 0.584. The van der Waals surface area contributed by atoms with E-state index in [4.69, 9.17) is 0 Å². The second-order valence-electron chi connectivity index (χ2n) is 6.09. The highest BCUT2D eigenvalue weighted by Gasteiger charge is 2.23. The Morgan fingerprint density at radius 2 is 2.24 bits per heavy atom. The Morgan fingerprint density at radius 1 is 1.43 bits per heavy atom. The predicted molar refractivity (Wildman–Crippen MR) is 89.0 cm³/mol. The molecule has 1 N–H and O–H groups in total. The summed E-state index contributed by atoms with van der Waals surface area (Å²) >= 11 is 1.89. The van der Waals surface area contributed by atoms with Crippen LogP contribution in [0, 0.1) is 6.92 Å². The van der Waals surface area contributed by atoms with Crippen molar-refractivity contribution in [2.24, 2.45) is 7.05 Å². The van der Waals surface area contributed by atoms with Gasteiger partial charge in [-0.3, -0.25) is 4.68 Å². The molecule has 1 aliphatic rings. The Balaban J connectivity index is 1.88. The Hall–Kier alpha value is -1.33. The van der Waals surface area contributed by atoms with Crippen LogP contribution in [0.5, 0.6) is 0 Å². The van der Waals surface area contributed by atoms with Crippen LogP contribution in [0.2, 0.25) is 0 Å². The minimum absolute atomic E-state index is 0.488. The van der Waals surface area contributed by atoms with E-state index < -0.39 is 0 Å². The van der Waals surface area contributed by atoms with Crippen molar-refractivity contribution in [3.8, 4) is 0 Å². The van der Waals surface area contributed by atoms with E-state index in [0.717, 1.165) is 31.7 Å². The highest BCUT2D eigenvalue weighted by Crippen LogP contribution is 2.30. The molecule has 5 heteroatoms. The van der Waals surface area contributed by atoms with Crippen molar-refractivity contribution in [2.45, 2.75) is 46.3 Å². The molecule has 1 aliphatic heterocycles. The van der Waals surface area contributed by atoms with Crippen LogP contribution in [-0.2, 0) is 26.6 Å². The summed E-state index contributed by atoms with van der Waals surface area (Å²) in [5.41, 5.74) is 3.95. The van der Waals surface area contributed by atoms with Crippen LogP contribution in [0.15, 0.2) is 11.4 Å². The van der Waals surface area contributed by atoms with Gasteiger partial charge in [0.05, 0.1) is 5.69 Å². The normalized spacial score (nSPS) is 14.8. The van der Waals surface area contributed by atoms with Gasteiger partial charge < -0.3 is 10.2 Å². The van der Waals surface area contributed by atoms with Crippen LogP contribution < -0.4 is 10.2 Å². The fourth-order valence-electron chi connectivity index (χ4n) is 3.03. The van der Waals surface area contributed by atoms with Crippen LogP contribution >= 0.6 is 11.3 Å². The maximum Gasteiger partial charge on any atom is 0.131 e. The number of hydrogen-bond acceptors (Lipinski definition) is 4. The maximum atomic E-state index is 4.65. The molecule has 2 aromatic rings. The van der Waals surface area contributed by atoms with Gasteiger partial charge in [0.2, 0.25) is 0 Å². The van der Waals surface area contributed by atoms with Crippen molar-refractivity contribution in [1.82, 2.24) is 15.1 Å². The maximum absolute atomic E-state index is 4.65. The number of nitrogens with one attached hydrogen (secondary N) is 1. The fraction of sp³-hybridized carbons (Fsp3) is 0.562. The summed E-state index contributed by atoms with van der Waals surface area (Å²) < 4.78 is 2.05. The van der Waals surface area contributed by atoms with Crippen molar-refractivity contribution >= 4 is 17.2 Å². The van der Waals surface area contributed by atoms with Gasteiger partial charge in [0.1, 0.15) is 5.82 Å². The molecule has 0 spiro atoms. The molecule has 114 valence electrons. The van der Waals surface area contributed by atoms with E-state index in [0.29, 0.717) is 6.04 Å². The third kappa shape index (κ3) is 2.85. The lowest BCUT2D eigenvalue weighted by Crippen LogP contribution is -2.32. The molecule has 0 amide bonds. The average molecular weight is 304 g/mol. The first-order valence-corrected chi connectivity index (χ1v) is 8.50. The molecule has 21 heavy (non-hydrogen) atoms. The van der Waals surface area contributed by atoms with Gasteiger partial charge in [-0.1, -0.05) is 13.8 Å². The summed E-state index contributed by atoms with van der Waals surface area (Å²) in [6.45, 7) is 9.46. The van der Waals surface area contributed by atoms with Gasteiger partial charge in [0.15, 0.2) is 0 Å². The number of anilines is 1. The number of rotatable bonds is 4. The van der Waals surface area contributed by atoms with Crippen LogP contribution in [0.1, 0.15) is 35.5 Å². The van der Waals surface area contributed by atoms with Crippen molar-refractivity contribution in [3.05, 3.63) is 33.1 Å². The molecule has 4 nitrogen and oxygen atoms in total. The molecule has 2 aromatic heterocycles. The van der Waals surface area contributed by atoms with Crippen molar-refractivity contribution in [3.63, 3.8) is 0 Å². The Bertz CT molecular complexity index is 626. The second-order valence-corrected chi connectivity index (χ2v) is 7.09. The summed E-state index contributed by atoms with van der Waals surface area (Å²) in [4.78, 5) is 4.03.